The first-order chi connectivity index (χ1) is 19.3. The van der Waals surface area contributed by atoms with E-state index in [9.17, 15) is 14.4 Å². The molecule has 4 aromatic rings. The van der Waals surface area contributed by atoms with Crippen molar-refractivity contribution in [3.8, 4) is 17.2 Å². The SMILES string of the molecule is COc1cc(/C=C2\SC(=O)N(CCOc3ccc(C)cc3)C2=O)cc(Br)c1OC(=O)c1cccc2ccccc12. The number of aryl methyl sites for hydroxylation is 1. The largest absolute Gasteiger partial charge is 0.493 e. The molecule has 202 valence electrons. The van der Waals surface area contributed by atoms with Gasteiger partial charge in [0.25, 0.3) is 11.1 Å². The van der Waals surface area contributed by atoms with E-state index in [0.717, 1.165) is 33.0 Å². The molecule has 1 saturated heterocycles. The van der Waals surface area contributed by atoms with Gasteiger partial charge in [0.1, 0.15) is 12.4 Å². The minimum atomic E-state index is -0.530. The third-order valence-electron chi connectivity index (χ3n) is 6.23. The minimum Gasteiger partial charge on any atom is -0.493 e. The van der Waals surface area contributed by atoms with Gasteiger partial charge in [-0.05, 0) is 87.4 Å². The monoisotopic (exact) mass is 617 g/mol. The molecule has 0 radical (unpaired) electrons. The second kappa shape index (κ2) is 12.0. The Morgan fingerprint density at radius 2 is 1.75 bits per heavy atom. The van der Waals surface area contributed by atoms with Gasteiger partial charge in [-0.2, -0.15) is 0 Å². The molecule has 0 saturated carbocycles. The Labute approximate surface area is 243 Å². The molecule has 0 N–H and O–H groups in total. The number of fused-ring (bicyclic) bond motifs is 1. The van der Waals surface area contributed by atoms with Gasteiger partial charge in [0.05, 0.1) is 28.6 Å². The molecule has 0 bridgehead atoms. The van der Waals surface area contributed by atoms with Gasteiger partial charge in [-0.25, -0.2) is 4.79 Å². The number of rotatable bonds is 8. The molecule has 0 atom stereocenters. The van der Waals surface area contributed by atoms with Gasteiger partial charge < -0.3 is 14.2 Å². The fraction of sp³-hybridized carbons (Fsp3) is 0.129. The fourth-order valence-electron chi connectivity index (χ4n) is 4.21. The number of carbonyl (C=O) groups excluding carboxylic acids is 3. The Bertz CT molecular complexity index is 1640. The standard InChI is InChI=1S/C31H24BrNO6S/c1-19-10-12-22(13-11-19)38-15-14-33-29(34)27(40-31(33)36)18-20-16-25(32)28(26(17-20)37-2)39-30(35)24-9-5-7-21-6-3-4-8-23(21)24/h3-13,16-18H,14-15H2,1-2H3/b27-18-. The summed E-state index contributed by atoms with van der Waals surface area (Å²) >= 11 is 4.33. The second-order valence-electron chi connectivity index (χ2n) is 8.95. The maximum atomic E-state index is 13.1. The van der Waals surface area contributed by atoms with Crippen molar-refractivity contribution in [3.05, 3.63) is 105 Å². The van der Waals surface area contributed by atoms with E-state index in [4.69, 9.17) is 14.2 Å². The smallest absolute Gasteiger partial charge is 0.344 e. The molecule has 0 aliphatic carbocycles. The summed E-state index contributed by atoms with van der Waals surface area (Å²) in [6, 6.07) is 23.9. The van der Waals surface area contributed by atoms with Crippen LogP contribution in [-0.2, 0) is 4.79 Å². The number of ether oxygens (including phenoxy) is 3. The number of thioether (sulfide) groups is 1. The normalized spacial score (nSPS) is 14.2. The molecule has 1 aliphatic rings. The van der Waals surface area contributed by atoms with Gasteiger partial charge >= 0.3 is 5.97 Å². The summed E-state index contributed by atoms with van der Waals surface area (Å²) in [7, 11) is 1.46. The number of methoxy groups -OCH3 is 1. The number of hydrogen-bond acceptors (Lipinski definition) is 7. The number of carbonyl (C=O) groups is 3. The topological polar surface area (TPSA) is 82.1 Å². The van der Waals surface area contributed by atoms with Crippen LogP contribution in [-0.4, -0.2) is 42.3 Å². The van der Waals surface area contributed by atoms with Crippen molar-refractivity contribution in [2.24, 2.45) is 0 Å². The van der Waals surface area contributed by atoms with Gasteiger partial charge in [0.15, 0.2) is 11.5 Å². The van der Waals surface area contributed by atoms with Crippen molar-refractivity contribution in [2.75, 3.05) is 20.3 Å². The first-order valence-corrected chi connectivity index (χ1v) is 14.0. The lowest BCUT2D eigenvalue weighted by molar-refractivity contribution is -0.123. The van der Waals surface area contributed by atoms with E-state index in [1.54, 1.807) is 30.3 Å². The molecule has 0 unspecified atom stereocenters. The number of benzene rings is 4. The Balaban J connectivity index is 1.31. The first kappa shape index (κ1) is 27.5. The van der Waals surface area contributed by atoms with Crippen molar-refractivity contribution >= 4 is 61.7 Å². The zero-order valence-electron chi connectivity index (χ0n) is 21.7. The average molecular weight is 619 g/mol. The van der Waals surface area contributed by atoms with Crippen LogP contribution in [0.2, 0.25) is 0 Å². The lowest BCUT2D eigenvalue weighted by Crippen LogP contribution is -2.32. The number of hydrogen-bond donors (Lipinski definition) is 0. The summed E-state index contributed by atoms with van der Waals surface area (Å²) < 4.78 is 17.4. The Morgan fingerprint density at radius 3 is 2.52 bits per heavy atom. The van der Waals surface area contributed by atoms with Crippen molar-refractivity contribution in [2.45, 2.75) is 6.92 Å². The summed E-state index contributed by atoms with van der Waals surface area (Å²) in [5.74, 6) is 0.242. The van der Waals surface area contributed by atoms with Crippen molar-refractivity contribution in [1.82, 2.24) is 4.90 Å². The predicted molar refractivity (Wildman–Crippen MR) is 159 cm³/mol. The van der Waals surface area contributed by atoms with Crippen LogP contribution in [0, 0.1) is 6.92 Å². The molecule has 1 heterocycles. The lowest BCUT2D eigenvalue weighted by Gasteiger charge is -2.14. The molecule has 9 heteroatoms. The van der Waals surface area contributed by atoms with Gasteiger partial charge in [-0.3, -0.25) is 14.5 Å². The number of imide groups is 1. The molecular weight excluding hydrogens is 594 g/mol. The van der Waals surface area contributed by atoms with Gasteiger partial charge in [0, 0.05) is 0 Å². The Kier molecular flexibility index (Phi) is 8.23. The van der Waals surface area contributed by atoms with Gasteiger partial charge in [-0.1, -0.05) is 54.1 Å². The third kappa shape index (κ3) is 5.90. The predicted octanol–water partition coefficient (Wildman–Crippen LogP) is 7.25. The van der Waals surface area contributed by atoms with E-state index in [1.165, 1.54) is 7.11 Å². The number of halogens is 1. The van der Waals surface area contributed by atoms with Crippen LogP contribution in [0.1, 0.15) is 21.5 Å². The molecule has 0 spiro atoms. The van der Waals surface area contributed by atoms with E-state index in [-0.39, 0.29) is 29.0 Å². The van der Waals surface area contributed by atoms with Crippen LogP contribution in [0.3, 0.4) is 0 Å². The first-order valence-electron chi connectivity index (χ1n) is 12.4. The van der Waals surface area contributed by atoms with E-state index in [1.807, 2.05) is 61.5 Å². The molecule has 5 rings (SSSR count). The van der Waals surface area contributed by atoms with Crippen LogP contribution in [0.5, 0.6) is 17.2 Å². The summed E-state index contributed by atoms with van der Waals surface area (Å²) in [5, 5.41) is 1.34. The van der Waals surface area contributed by atoms with Gasteiger partial charge in [0.2, 0.25) is 0 Å². The van der Waals surface area contributed by atoms with E-state index < -0.39 is 11.9 Å². The zero-order chi connectivity index (χ0) is 28.2. The van der Waals surface area contributed by atoms with Crippen molar-refractivity contribution in [3.63, 3.8) is 0 Å². The van der Waals surface area contributed by atoms with E-state index in [2.05, 4.69) is 15.9 Å². The second-order valence-corrected chi connectivity index (χ2v) is 10.8. The molecule has 1 aliphatic heterocycles. The van der Waals surface area contributed by atoms with E-state index in [0.29, 0.717) is 27.1 Å². The fourth-order valence-corrected chi connectivity index (χ4v) is 5.61. The van der Waals surface area contributed by atoms with E-state index >= 15 is 0 Å². The van der Waals surface area contributed by atoms with Crippen LogP contribution in [0.4, 0.5) is 4.79 Å². The molecular formula is C31H24BrNO6S. The third-order valence-corrected chi connectivity index (χ3v) is 7.73. The molecule has 2 amide bonds. The lowest BCUT2D eigenvalue weighted by atomic mass is 10.0. The highest BCUT2D eigenvalue weighted by Crippen LogP contribution is 2.39. The van der Waals surface area contributed by atoms with Crippen LogP contribution >= 0.6 is 27.7 Å². The minimum absolute atomic E-state index is 0.131. The molecule has 4 aromatic carbocycles. The number of esters is 1. The highest BCUT2D eigenvalue weighted by Gasteiger charge is 2.35. The highest BCUT2D eigenvalue weighted by atomic mass is 79.9. The number of nitrogens with zero attached hydrogens (tertiary/aromatic N) is 1. The quantitative estimate of drug-likeness (QED) is 0.117. The molecule has 0 aromatic heterocycles. The summed E-state index contributed by atoms with van der Waals surface area (Å²) in [6.07, 6.45) is 1.61. The van der Waals surface area contributed by atoms with Crippen LogP contribution < -0.4 is 14.2 Å². The highest BCUT2D eigenvalue weighted by molar-refractivity contribution is 9.10. The molecule has 40 heavy (non-hydrogen) atoms. The summed E-state index contributed by atoms with van der Waals surface area (Å²) in [6.45, 7) is 2.30. The van der Waals surface area contributed by atoms with Crippen LogP contribution in [0.25, 0.3) is 16.8 Å². The maximum Gasteiger partial charge on any atom is 0.344 e. The summed E-state index contributed by atoms with van der Waals surface area (Å²) in [4.78, 5) is 40.1. The zero-order valence-corrected chi connectivity index (χ0v) is 24.1. The van der Waals surface area contributed by atoms with Crippen molar-refractivity contribution in [1.29, 1.82) is 0 Å². The average Bonchev–Trinajstić information content (AvgIpc) is 3.22. The summed E-state index contributed by atoms with van der Waals surface area (Å²) in [5.41, 5.74) is 2.13. The van der Waals surface area contributed by atoms with Gasteiger partial charge in [-0.15, -0.1) is 0 Å². The molecule has 1 fully saturated rings. The van der Waals surface area contributed by atoms with Crippen molar-refractivity contribution < 1.29 is 28.6 Å². The number of amides is 2. The Morgan fingerprint density at radius 1 is 1.00 bits per heavy atom. The van der Waals surface area contributed by atoms with Crippen LogP contribution in [0.15, 0.2) is 88.2 Å². The molecule has 7 nitrogen and oxygen atoms in total. The Hall–Kier alpha value is -4.08. The maximum absolute atomic E-state index is 13.1.